The topological polar surface area (TPSA) is 27.6 Å². The van der Waals surface area contributed by atoms with E-state index >= 15 is 0 Å². The summed E-state index contributed by atoms with van der Waals surface area (Å²) in [5.41, 5.74) is 0.931. The summed E-state index contributed by atoms with van der Waals surface area (Å²) >= 11 is 0. The third-order valence-electron chi connectivity index (χ3n) is 4.67. The molecule has 0 radical (unpaired) electrons. The lowest BCUT2D eigenvalue weighted by molar-refractivity contribution is 0.322. The highest BCUT2D eigenvalue weighted by Crippen LogP contribution is 2.36. The molecule has 0 bridgehead atoms. The van der Waals surface area contributed by atoms with Crippen LogP contribution in [0, 0.1) is 10.8 Å². The number of rotatable bonds is 2. The van der Waals surface area contributed by atoms with Crippen LogP contribution < -0.4 is 5.32 Å². The van der Waals surface area contributed by atoms with Crippen LogP contribution >= 0.6 is 0 Å². The molecule has 1 aliphatic heterocycles. The highest BCUT2D eigenvalue weighted by molar-refractivity contribution is 5.80. The highest BCUT2D eigenvalue weighted by atomic mass is 15.3. The fourth-order valence-corrected chi connectivity index (χ4v) is 3.32. The molecule has 0 unspecified atom stereocenters. The van der Waals surface area contributed by atoms with E-state index in [1.807, 2.05) is 7.05 Å². The molecule has 0 aromatic carbocycles. The molecule has 3 nitrogen and oxygen atoms in total. The second kappa shape index (κ2) is 5.10. The van der Waals surface area contributed by atoms with Crippen molar-refractivity contribution >= 4 is 5.96 Å². The molecule has 0 spiro atoms. The minimum absolute atomic E-state index is 0.439. The van der Waals surface area contributed by atoms with Crippen LogP contribution in [0.4, 0.5) is 0 Å². The molecule has 1 heterocycles. The number of hydrogen-bond acceptors (Lipinski definition) is 1. The van der Waals surface area contributed by atoms with Crippen LogP contribution in [-0.4, -0.2) is 37.5 Å². The SMILES string of the molecule is CN=C(NCC1(C)CCCC1)N1CCC(C)(C)C1. The maximum absolute atomic E-state index is 4.46. The zero-order chi connectivity index (χ0) is 13.2. The molecule has 0 atom stereocenters. The van der Waals surface area contributed by atoms with Gasteiger partial charge in [-0.3, -0.25) is 4.99 Å². The Labute approximate surface area is 112 Å². The molecule has 0 aromatic rings. The van der Waals surface area contributed by atoms with E-state index in [2.05, 4.69) is 36.0 Å². The Morgan fingerprint density at radius 1 is 1.17 bits per heavy atom. The van der Waals surface area contributed by atoms with Crippen molar-refractivity contribution in [3.05, 3.63) is 0 Å². The van der Waals surface area contributed by atoms with Gasteiger partial charge in [0.25, 0.3) is 0 Å². The van der Waals surface area contributed by atoms with Crippen molar-refractivity contribution in [2.24, 2.45) is 15.8 Å². The number of guanidine groups is 1. The first-order chi connectivity index (χ1) is 8.44. The number of hydrogen-bond donors (Lipinski definition) is 1. The lowest BCUT2D eigenvalue weighted by atomic mass is 9.89. The molecule has 1 aliphatic carbocycles. The molecule has 1 N–H and O–H groups in total. The third-order valence-corrected chi connectivity index (χ3v) is 4.67. The number of likely N-dealkylation sites (tertiary alicyclic amines) is 1. The minimum Gasteiger partial charge on any atom is -0.356 e. The van der Waals surface area contributed by atoms with Crippen molar-refractivity contribution in [3.63, 3.8) is 0 Å². The molecule has 1 saturated heterocycles. The standard InChI is InChI=1S/C15H29N3/c1-14(2)9-10-18(12-14)13(16-4)17-11-15(3)7-5-6-8-15/h5-12H2,1-4H3,(H,16,17). The average Bonchev–Trinajstić information content (AvgIpc) is 2.87. The van der Waals surface area contributed by atoms with E-state index in [1.54, 1.807) is 0 Å². The summed E-state index contributed by atoms with van der Waals surface area (Å²) in [5, 5.41) is 3.61. The zero-order valence-corrected chi connectivity index (χ0v) is 12.6. The summed E-state index contributed by atoms with van der Waals surface area (Å²) in [4.78, 5) is 6.87. The smallest absolute Gasteiger partial charge is 0.193 e. The predicted molar refractivity (Wildman–Crippen MR) is 77.9 cm³/mol. The lowest BCUT2D eigenvalue weighted by Crippen LogP contribution is -2.44. The van der Waals surface area contributed by atoms with E-state index in [1.165, 1.54) is 32.1 Å². The van der Waals surface area contributed by atoms with Gasteiger partial charge in [-0.25, -0.2) is 0 Å². The van der Waals surface area contributed by atoms with E-state index in [9.17, 15) is 0 Å². The van der Waals surface area contributed by atoms with Gasteiger partial charge < -0.3 is 10.2 Å². The first-order valence-corrected chi connectivity index (χ1v) is 7.40. The Bertz CT molecular complexity index is 314. The van der Waals surface area contributed by atoms with Crippen LogP contribution in [0.1, 0.15) is 52.9 Å². The molecular formula is C15H29N3. The van der Waals surface area contributed by atoms with Crippen molar-refractivity contribution in [1.82, 2.24) is 10.2 Å². The van der Waals surface area contributed by atoms with E-state index in [4.69, 9.17) is 0 Å². The van der Waals surface area contributed by atoms with E-state index < -0.39 is 0 Å². The molecule has 0 aromatic heterocycles. The molecule has 2 fully saturated rings. The largest absolute Gasteiger partial charge is 0.356 e. The van der Waals surface area contributed by atoms with Gasteiger partial charge in [0.05, 0.1) is 0 Å². The van der Waals surface area contributed by atoms with Crippen LogP contribution in [0.5, 0.6) is 0 Å². The fourth-order valence-electron chi connectivity index (χ4n) is 3.32. The molecule has 104 valence electrons. The van der Waals surface area contributed by atoms with Gasteiger partial charge in [0.15, 0.2) is 5.96 Å². The number of aliphatic imine (C=N–C) groups is 1. The van der Waals surface area contributed by atoms with Gasteiger partial charge in [-0.05, 0) is 30.1 Å². The quantitative estimate of drug-likeness (QED) is 0.603. The molecule has 18 heavy (non-hydrogen) atoms. The van der Waals surface area contributed by atoms with Gasteiger partial charge in [0.1, 0.15) is 0 Å². The Hall–Kier alpha value is -0.730. The normalized spacial score (nSPS) is 26.7. The lowest BCUT2D eigenvalue weighted by Gasteiger charge is -2.29. The first-order valence-electron chi connectivity index (χ1n) is 7.40. The van der Waals surface area contributed by atoms with Crippen molar-refractivity contribution in [2.45, 2.75) is 52.9 Å². The Morgan fingerprint density at radius 2 is 1.83 bits per heavy atom. The predicted octanol–water partition coefficient (Wildman–Crippen LogP) is 2.87. The minimum atomic E-state index is 0.439. The van der Waals surface area contributed by atoms with Gasteiger partial charge in [0, 0.05) is 26.7 Å². The molecule has 1 saturated carbocycles. The maximum Gasteiger partial charge on any atom is 0.193 e. The van der Waals surface area contributed by atoms with Crippen molar-refractivity contribution in [2.75, 3.05) is 26.7 Å². The van der Waals surface area contributed by atoms with Crippen LogP contribution in [0.15, 0.2) is 4.99 Å². The van der Waals surface area contributed by atoms with Gasteiger partial charge >= 0.3 is 0 Å². The second-order valence-electron chi connectivity index (χ2n) is 7.25. The van der Waals surface area contributed by atoms with Gasteiger partial charge in [-0.15, -0.1) is 0 Å². The van der Waals surface area contributed by atoms with Crippen LogP contribution in [0.3, 0.4) is 0 Å². The maximum atomic E-state index is 4.46. The summed E-state index contributed by atoms with van der Waals surface area (Å²) in [5.74, 6) is 1.11. The van der Waals surface area contributed by atoms with E-state index in [0.717, 1.165) is 25.6 Å². The van der Waals surface area contributed by atoms with E-state index in [0.29, 0.717) is 10.8 Å². The van der Waals surface area contributed by atoms with Crippen LogP contribution in [0.2, 0.25) is 0 Å². The summed E-state index contributed by atoms with van der Waals surface area (Å²) in [6.45, 7) is 10.5. The summed E-state index contributed by atoms with van der Waals surface area (Å²) in [7, 11) is 1.91. The summed E-state index contributed by atoms with van der Waals surface area (Å²) < 4.78 is 0. The van der Waals surface area contributed by atoms with Gasteiger partial charge in [-0.2, -0.15) is 0 Å². The summed E-state index contributed by atoms with van der Waals surface area (Å²) in [6, 6.07) is 0. The molecule has 2 aliphatic rings. The molecule has 2 rings (SSSR count). The second-order valence-corrected chi connectivity index (χ2v) is 7.25. The van der Waals surface area contributed by atoms with Crippen LogP contribution in [0.25, 0.3) is 0 Å². The Kier molecular flexibility index (Phi) is 3.88. The third kappa shape index (κ3) is 3.18. The number of nitrogens with zero attached hydrogens (tertiary/aromatic N) is 2. The van der Waals surface area contributed by atoms with Crippen LogP contribution in [-0.2, 0) is 0 Å². The Morgan fingerprint density at radius 3 is 2.33 bits per heavy atom. The molecular weight excluding hydrogens is 222 g/mol. The van der Waals surface area contributed by atoms with Gasteiger partial charge in [-0.1, -0.05) is 33.6 Å². The summed E-state index contributed by atoms with van der Waals surface area (Å²) in [6.07, 6.45) is 6.79. The fraction of sp³-hybridized carbons (Fsp3) is 0.933. The molecule has 3 heteroatoms. The first kappa shape index (κ1) is 13.7. The van der Waals surface area contributed by atoms with Crippen molar-refractivity contribution in [3.8, 4) is 0 Å². The monoisotopic (exact) mass is 251 g/mol. The van der Waals surface area contributed by atoms with E-state index in [-0.39, 0.29) is 0 Å². The molecule has 0 amide bonds. The number of nitrogens with one attached hydrogen (secondary N) is 1. The van der Waals surface area contributed by atoms with Crippen molar-refractivity contribution in [1.29, 1.82) is 0 Å². The zero-order valence-electron chi connectivity index (χ0n) is 12.6. The van der Waals surface area contributed by atoms with Gasteiger partial charge in [0.2, 0.25) is 0 Å². The Balaban J connectivity index is 1.87. The van der Waals surface area contributed by atoms with Crippen molar-refractivity contribution < 1.29 is 0 Å². The highest BCUT2D eigenvalue weighted by Gasteiger charge is 2.33. The average molecular weight is 251 g/mol.